The van der Waals surface area contributed by atoms with Crippen LogP contribution in [-0.4, -0.2) is 60.3 Å². The van der Waals surface area contributed by atoms with Gasteiger partial charge in [0.25, 0.3) is 5.91 Å². The van der Waals surface area contributed by atoms with Gasteiger partial charge in [-0.25, -0.2) is 0 Å². The van der Waals surface area contributed by atoms with E-state index in [0.29, 0.717) is 30.3 Å². The van der Waals surface area contributed by atoms with Gasteiger partial charge in [-0.3, -0.25) is 19.2 Å². The van der Waals surface area contributed by atoms with Gasteiger partial charge in [-0.15, -0.1) is 0 Å². The predicted octanol–water partition coefficient (Wildman–Crippen LogP) is 1.50. The van der Waals surface area contributed by atoms with Crippen LogP contribution >= 0.6 is 23.2 Å². The number of primary amides is 1. The highest BCUT2D eigenvalue weighted by molar-refractivity contribution is 6.35. The SMILES string of the molecule is NC(=O)[C@H](C[C@@H]1CCNC1=O)NC(=O)[C@@H]1[C@H]2CCC[C@H]2CN1C(=O)COc1ccc(Cl)cc1Cl. The Morgan fingerprint density at radius 3 is 2.71 bits per heavy atom. The number of hydrogen-bond acceptors (Lipinski definition) is 5. The van der Waals surface area contributed by atoms with Crippen LogP contribution in [0.5, 0.6) is 5.75 Å². The molecule has 0 spiro atoms. The maximum atomic E-state index is 13.3. The van der Waals surface area contributed by atoms with Crippen molar-refractivity contribution in [3.8, 4) is 5.75 Å². The van der Waals surface area contributed by atoms with Gasteiger partial charge in [-0.05, 0) is 55.7 Å². The number of benzene rings is 1. The number of nitrogens with two attached hydrogens (primary N) is 1. The summed E-state index contributed by atoms with van der Waals surface area (Å²) in [5.74, 6) is -1.45. The Hall–Kier alpha value is -2.52. The zero-order chi connectivity index (χ0) is 24.4. The first-order chi connectivity index (χ1) is 16.2. The van der Waals surface area contributed by atoms with E-state index in [0.717, 1.165) is 19.3 Å². The molecule has 11 heteroatoms. The Balaban J connectivity index is 1.44. The van der Waals surface area contributed by atoms with E-state index >= 15 is 0 Å². The van der Waals surface area contributed by atoms with Gasteiger partial charge < -0.3 is 26.0 Å². The molecule has 0 aromatic heterocycles. The second-order valence-corrected chi connectivity index (χ2v) is 10.0. The van der Waals surface area contributed by atoms with Crippen molar-refractivity contribution in [1.82, 2.24) is 15.5 Å². The van der Waals surface area contributed by atoms with Crippen LogP contribution in [0.3, 0.4) is 0 Å². The molecule has 1 aromatic carbocycles. The monoisotopic (exact) mass is 510 g/mol. The van der Waals surface area contributed by atoms with E-state index in [2.05, 4.69) is 10.6 Å². The highest BCUT2D eigenvalue weighted by Gasteiger charge is 2.50. The molecule has 2 aliphatic heterocycles. The number of rotatable bonds is 8. The first-order valence-corrected chi connectivity index (χ1v) is 12.2. The van der Waals surface area contributed by atoms with E-state index in [1.807, 2.05) is 0 Å². The number of nitrogens with zero attached hydrogens (tertiary/aromatic N) is 1. The van der Waals surface area contributed by atoms with Crippen molar-refractivity contribution in [3.63, 3.8) is 0 Å². The normalized spacial score (nSPS) is 26.6. The molecule has 3 fully saturated rings. The van der Waals surface area contributed by atoms with Crippen molar-refractivity contribution in [2.75, 3.05) is 19.7 Å². The second kappa shape index (κ2) is 10.4. The number of likely N-dealkylation sites (tertiary alicyclic amines) is 1. The number of amides is 4. The molecule has 0 unspecified atom stereocenters. The fourth-order valence-electron chi connectivity index (χ4n) is 5.37. The van der Waals surface area contributed by atoms with E-state index in [-0.39, 0.29) is 47.6 Å². The van der Waals surface area contributed by atoms with Gasteiger partial charge in [-0.2, -0.15) is 0 Å². The Morgan fingerprint density at radius 2 is 2.03 bits per heavy atom. The third-order valence-corrected chi connectivity index (χ3v) is 7.60. The summed E-state index contributed by atoms with van der Waals surface area (Å²) in [5.41, 5.74) is 5.54. The average molecular weight is 511 g/mol. The molecule has 4 N–H and O–H groups in total. The van der Waals surface area contributed by atoms with Gasteiger partial charge in [0.2, 0.25) is 17.7 Å². The Labute approximate surface area is 207 Å². The number of fused-ring (bicyclic) bond motifs is 1. The largest absolute Gasteiger partial charge is 0.482 e. The predicted molar refractivity (Wildman–Crippen MR) is 125 cm³/mol. The second-order valence-electron chi connectivity index (χ2n) is 9.19. The van der Waals surface area contributed by atoms with Gasteiger partial charge in [0.15, 0.2) is 6.61 Å². The maximum absolute atomic E-state index is 13.3. The third-order valence-electron chi connectivity index (χ3n) is 7.07. The fraction of sp³-hybridized carbons (Fsp3) is 0.565. The topological polar surface area (TPSA) is 131 Å². The van der Waals surface area contributed by atoms with E-state index in [1.54, 1.807) is 12.1 Å². The van der Waals surface area contributed by atoms with Crippen molar-refractivity contribution in [2.45, 2.75) is 44.2 Å². The lowest BCUT2D eigenvalue weighted by Crippen LogP contribution is -2.55. The smallest absolute Gasteiger partial charge is 0.261 e. The molecule has 0 bridgehead atoms. The summed E-state index contributed by atoms with van der Waals surface area (Å²) in [5, 5.41) is 6.19. The van der Waals surface area contributed by atoms with Crippen LogP contribution in [0, 0.1) is 17.8 Å². The minimum atomic E-state index is -0.983. The maximum Gasteiger partial charge on any atom is 0.261 e. The third kappa shape index (κ3) is 5.25. The lowest BCUT2D eigenvalue weighted by atomic mass is 9.92. The summed E-state index contributed by atoms with van der Waals surface area (Å²) in [6.45, 7) is 0.701. The summed E-state index contributed by atoms with van der Waals surface area (Å²) >= 11 is 12.0. The Morgan fingerprint density at radius 1 is 1.24 bits per heavy atom. The number of ether oxygens (including phenoxy) is 1. The summed E-state index contributed by atoms with van der Waals surface area (Å²) in [4.78, 5) is 52.0. The minimum Gasteiger partial charge on any atom is -0.482 e. The minimum absolute atomic E-state index is 0.00590. The molecule has 1 aliphatic carbocycles. The molecule has 4 amide bonds. The number of carbonyl (C=O) groups is 4. The van der Waals surface area contributed by atoms with E-state index in [4.69, 9.17) is 33.7 Å². The Kier molecular flexibility index (Phi) is 7.52. The molecule has 184 valence electrons. The summed E-state index contributed by atoms with van der Waals surface area (Å²) < 4.78 is 5.60. The first-order valence-electron chi connectivity index (χ1n) is 11.5. The highest BCUT2D eigenvalue weighted by Crippen LogP contribution is 2.42. The van der Waals surface area contributed by atoms with Gasteiger partial charge in [-0.1, -0.05) is 29.6 Å². The van der Waals surface area contributed by atoms with Crippen LogP contribution in [0.1, 0.15) is 32.1 Å². The quantitative estimate of drug-likeness (QED) is 0.487. The summed E-state index contributed by atoms with van der Waals surface area (Å²) in [7, 11) is 0. The lowest BCUT2D eigenvalue weighted by Gasteiger charge is -2.29. The average Bonchev–Trinajstić information content (AvgIpc) is 3.48. The lowest BCUT2D eigenvalue weighted by molar-refractivity contribution is -0.141. The number of nitrogens with one attached hydrogen (secondary N) is 2. The number of carbonyl (C=O) groups excluding carboxylic acids is 4. The van der Waals surface area contributed by atoms with Crippen molar-refractivity contribution in [2.24, 2.45) is 23.5 Å². The molecular weight excluding hydrogens is 483 g/mol. The van der Waals surface area contributed by atoms with Gasteiger partial charge in [0, 0.05) is 24.0 Å². The van der Waals surface area contributed by atoms with E-state index in [1.165, 1.54) is 11.0 Å². The fourth-order valence-corrected chi connectivity index (χ4v) is 5.83. The van der Waals surface area contributed by atoms with Crippen LogP contribution in [0.4, 0.5) is 0 Å². The van der Waals surface area contributed by atoms with Gasteiger partial charge in [0.05, 0.1) is 5.02 Å². The van der Waals surface area contributed by atoms with Crippen LogP contribution in [0.25, 0.3) is 0 Å². The molecule has 34 heavy (non-hydrogen) atoms. The number of halogens is 2. The van der Waals surface area contributed by atoms with Gasteiger partial charge >= 0.3 is 0 Å². The molecule has 0 radical (unpaired) electrons. The number of hydrogen-bond donors (Lipinski definition) is 3. The van der Waals surface area contributed by atoms with Crippen LogP contribution < -0.4 is 21.1 Å². The molecule has 3 aliphatic rings. The molecule has 2 heterocycles. The zero-order valence-corrected chi connectivity index (χ0v) is 20.1. The first kappa shape index (κ1) is 24.6. The van der Waals surface area contributed by atoms with Crippen molar-refractivity contribution in [3.05, 3.63) is 28.2 Å². The van der Waals surface area contributed by atoms with Crippen LogP contribution in [-0.2, 0) is 19.2 Å². The summed E-state index contributed by atoms with van der Waals surface area (Å²) in [6, 6.07) is 3.01. The van der Waals surface area contributed by atoms with Gasteiger partial charge in [0.1, 0.15) is 17.8 Å². The molecule has 5 atom stereocenters. The Bertz CT molecular complexity index is 990. The molecule has 2 saturated heterocycles. The van der Waals surface area contributed by atoms with E-state index < -0.39 is 23.9 Å². The molecule has 1 aromatic rings. The molecular formula is C23H28Cl2N4O5. The van der Waals surface area contributed by atoms with Crippen molar-refractivity contribution in [1.29, 1.82) is 0 Å². The van der Waals surface area contributed by atoms with Crippen molar-refractivity contribution < 1.29 is 23.9 Å². The van der Waals surface area contributed by atoms with Crippen molar-refractivity contribution >= 4 is 46.8 Å². The van der Waals surface area contributed by atoms with Crippen LogP contribution in [0.15, 0.2) is 18.2 Å². The zero-order valence-electron chi connectivity index (χ0n) is 18.6. The molecule has 9 nitrogen and oxygen atoms in total. The summed E-state index contributed by atoms with van der Waals surface area (Å²) in [6.07, 6.45) is 3.47. The van der Waals surface area contributed by atoms with E-state index in [9.17, 15) is 19.2 Å². The molecule has 1 saturated carbocycles. The molecule has 4 rings (SSSR count). The highest BCUT2D eigenvalue weighted by atomic mass is 35.5. The van der Waals surface area contributed by atoms with Crippen LogP contribution in [0.2, 0.25) is 10.0 Å². The standard InChI is InChI=1S/C23H28Cl2N4O5/c24-14-4-5-18(16(25)9-14)34-11-19(30)29-10-13-2-1-3-15(13)20(29)23(33)28-17(21(26)31)8-12-6-7-27-22(12)32/h4-5,9,12-13,15,17,20H,1-3,6-8,10-11H2,(H2,26,31)(H,27,32)(H,28,33)/t12-,13-,15-,17-,20-/m0/s1.